The fourth-order valence-corrected chi connectivity index (χ4v) is 2.72. The normalized spacial score (nSPS) is 14.3. The summed E-state index contributed by atoms with van der Waals surface area (Å²) in [6.07, 6.45) is 0.352. The molecule has 0 saturated heterocycles. The maximum Gasteiger partial charge on any atom is 0.421 e. The predicted molar refractivity (Wildman–Crippen MR) is 101 cm³/mol. The number of hydrogen-bond donors (Lipinski definition) is 2. The average Bonchev–Trinajstić information content (AvgIpc) is 3.26. The molecule has 0 aliphatic carbocycles. The summed E-state index contributed by atoms with van der Waals surface area (Å²) in [6.45, 7) is 7.72. The first-order valence-electron chi connectivity index (χ1n) is 8.73. The lowest BCUT2D eigenvalue weighted by atomic mass is 9.97. The molecule has 2 aromatic rings. The quantitative estimate of drug-likeness (QED) is 0.779. The Balaban J connectivity index is 1.88. The number of aryl methyl sites for hydroxylation is 1. The highest BCUT2D eigenvalue weighted by Gasteiger charge is 2.35. The van der Waals surface area contributed by atoms with Crippen LogP contribution in [0.25, 0.3) is 0 Å². The Kier molecular flexibility index (Phi) is 5.09. The maximum absolute atomic E-state index is 13.1. The highest BCUT2D eigenvalue weighted by atomic mass is 19.4. The Labute approximate surface area is 160 Å². The zero-order chi connectivity index (χ0) is 20.5. The van der Waals surface area contributed by atoms with Crippen LogP contribution in [0.3, 0.4) is 0 Å². The minimum atomic E-state index is -4.54. The van der Waals surface area contributed by atoms with Crippen molar-refractivity contribution in [3.63, 3.8) is 0 Å². The van der Waals surface area contributed by atoms with E-state index in [-0.39, 0.29) is 11.8 Å². The Morgan fingerprint density at radius 3 is 2.61 bits per heavy atom. The molecule has 0 aromatic carbocycles. The average molecular weight is 394 g/mol. The van der Waals surface area contributed by atoms with Crippen molar-refractivity contribution in [3.8, 4) is 0 Å². The standard InChI is InChI=1S/C17H21F3N8/c1-5-21-14-11(17(18,19)20)8-22-15(25-14)24-12-9-28(27-10(12)2)16(3,4)13-6-7-23-26-13/h7-9H,5-6H2,1-4H3,(H2,21,22,24,25). The molecule has 0 unspecified atom stereocenters. The number of halogens is 3. The van der Waals surface area contributed by atoms with Crippen LogP contribution in [0.5, 0.6) is 0 Å². The van der Waals surface area contributed by atoms with Crippen LogP contribution < -0.4 is 10.6 Å². The smallest absolute Gasteiger partial charge is 0.370 e. The molecular weight excluding hydrogens is 373 g/mol. The van der Waals surface area contributed by atoms with Crippen molar-refractivity contribution in [1.82, 2.24) is 19.7 Å². The summed E-state index contributed by atoms with van der Waals surface area (Å²) >= 11 is 0. The molecule has 0 amide bonds. The van der Waals surface area contributed by atoms with Gasteiger partial charge in [-0.05, 0) is 27.7 Å². The van der Waals surface area contributed by atoms with Crippen LogP contribution in [0.1, 0.15) is 38.4 Å². The van der Waals surface area contributed by atoms with Crippen molar-refractivity contribution < 1.29 is 13.2 Å². The van der Waals surface area contributed by atoms with Gasteiger partial charge in [-0.2, -0.15) is 33.5 Å². The number of aromatic nitrogens is 4. The van der Waals surface area contributed by atoms with Crippen molar-refractivity contribution in [1.29, 1.82) is 0 Å². The Morgan fingerprint density at radius 2 is 2.00 bits per heavy atom. The topological polar surface area (TPSA) is 92.4 Å². The van der Waals surface area contributed by atoms with E-state index in [2.05, 4.69) is 35.9 Å². The monoisotopic (exact) mass is 394 g/mol. The van der Waals surface area contributed by atoms with Gasteiger partial charge < -0.3 is 10.6 Å². The summed E-state index contributed by atoms with van der Waals surface area (Å²) in [6, 6.07) is 0. The zero-order valence-electron chi connectivity index (χ0n) is 16.0. The maximum atomic E-state index is 13.1. The first-order valence-corrected chi connectivity index (χ1v) is 8.73. The van der Waals surface area contributed by atoms with E-state index in [0.29, 0.717) is 24.3 Å². The van der Waals surface area contributed by atoms with Crippen molar-refractivity contribution >= 4 is 29.4 Å². The van der Waals surface area contributed by atoms with E-state index in [0.717, 1.165) is 11.9 Å². The van der Waals surface area contributed by atoms with Crippen LogP contribution >= 0.6 is 0 Å². The molecule has 2 N–H and O–H groups in total. The molecule has 28 heavy (non-hydrogen) atoms. The number of anilines is 3. The van der Waals surface area contributed by atoms with E-state index in [1.54, 1.807) is 30.9 Å². The van der Waals surface area contributed by atoms with Crippen molar-refractivity contribution in [2.24, 2.45) is 10.2 Å². The summed E-state index contributed by atoms with van der Waals surface area (Å²) in [5.74, 6) is -0.221. The third-order valence-electron chi connectivity index (χ3n) is 4.41. The van der Waals surface area contributed by atoms with Gasteiger partial charge in [-0.15, -0.1) is 0 Å². The highest BCUT2D eigenvalue weighted by Crippen LogP contribution is 2.34. The van der Waals surface area contributed by atoms with Gasteiger partial charge in [0.05, 0.1) is 22.6 Å². The summed E-state index contributed by atoms with van der Waals surface area (Å²) in [4.78, 5) is 7.79. The van der Waals surface area contributed by atoms with E-state index in [1.807, 2.05) is 13.8 Å². The minimum Gasteiger partial charge on any atom is -0.370 e. The molecule has 3 rings (SSSR count). The van der Waals surface area contributed by atoms with Gasteiger partial charge >= 0.3 is 6.18 Å². The first-order chi connectivity index (χ1) is 13.1. The molecule has 1 aliphatic heterocycles. The molecule has 1 aliphatic rings. The van der Waals surface area contributed by atoms with Gasteiger partial charge in [0.2, 0.25) is 5.95 Å². The van der Waals surface area contributed by atoms with Gasteiger partial charge in [-0.1, -0.05) is 0 Å². The first kappa shape index (κ1) is 19.8. The number of hydrogen-bond acceptors (Lipinski definition) is 7. The molecule has 11 heteroatoms. The van der Waals surface area contributed by atoms with Gasteiger partial charge in [-0.3, -0.25) is 4.68 Å². The van der Waals surface area contributed by atoms with Gasteiger partial charge in [0.25, 0.3) is 0 Å². The molecular formula is C17H21F3N8. The van der Waals surface area contributed by atoms with Gasteiger partial charge in [0.15, 0.2) is 0 Å². The van der Waals surface area contributed by atoms with Crippen molar-refractivity contribution in [2.75, 3.05) is 17.2 Å². The number of rotatable bonds is 6. The second kappa shape index (κ2) is 7.21. The number of alkyl halides is 3. The predicted octanol–water partition coefficient (Wildman–Crippen LogP) is 3.74. The Morgan fingerprint density at radius 1 is 1.25 bits per heavy atom. The highest BCUT2D eigenvalue weighted by molar-refractivity contribution is 6.02. The second-order valence-corrected chi connectivity index (χ2v) is 6.79. The Hall–Kier alpha value is -2.98. The molecule has 0 atom stereocenters. The van der Waals surface area contributed by atoms with E-state index >= 15 is 0 Å². The summed E-state index contributed by atoms with van der Waals surface area (Å²) in [5.41, 5.74) is 0.697. The van der Waals surface area contributed by atoms with E-state index < -0.39 is 17.3 Å². The lowest BCUT2D eigenvalue weighted by molar-refractivity contribution is -0.137. The molecule has 2 aromatic heterocycles. The van der Waals surface area contributed by atoms with Crippen molar-refractivity contribution in [3.05, 3.63) is 23.7 Å². The lowest BCUT2D eigenvalue weighted by Gasteiger charge is -2.24. The number of nitrogens with one attached hydrogen (secondary N) is 2. The minimum absolute atomic E-state index is 0.0472. The lowest BCUT2D eigenvalue weighted by Crippen LogP contribution is -2.35. The molecule has 0 spiro atoms. The van der Waals surface area contributed by atoms with Gasteiger partial charge in [0.1, 0.15) is 11.4 Å². The van der Waals surface area contributed by atoms with Crippen LogP contribution in [0.15, 0.2) is 22.6 Å². The SMILES string of the molecule is CCNc1nc(Nc2cn(C(C)(C)C3=NN=CC3)nc2C)ncc1C(F)(F)F. The third-order valence-corrected chi connectivity index (χ3v) is 4.41. The van der Waals surface area contributed by atoms with E-state index in [9.17, 15) is 13.2 Å². The summed E-state index contributed by atoms with van der Waals surface area (Å²) in [7, 11) is 0. The van der Waals surface area contributed by atoms with Crippen LogP contribution in [0, 0.1) is 6.92 Å². The molecule has 8 nitrogen and oxygen atoms in total. The summed E-state index contributed by atoms with van der Waals surface area (Å²) < 4.78 is 41.0. The van der Waals surface area contributed by atoms with Gasteiger partial charge in [-0.25, -0.2) is 4.98 Å². The Bertz CT molecular complexity index is 927. The molecule has 0 fully saturated rings. The summed E-state index contributed by atoms with van der Waals surface area (Å²) in [5, 5.41) is 18.1. The van der Waals surface area contributed by atoms with Crippen molar-refractivity contribution in [2.45, 2.75) is 45.8 Å². The molecule has 0 saturated carbocycles. The van der Waals surface area contributed by atoms with Gasteiger partial charge in [0, 0.05) is 31.6 Å². The van der Waals surface area contributed by atoms with Crippen LogP contribution in [0.4, 0.5) is 30.6 Å². The molecule has 0 bridgehead atoms. The fourth-order valence-electron chi connectivity index (χ4n) is 2.72. The second-order valence-electron chi connectivity index (χ2n) is 6.79. The van der Waals surface area contributed by atoms with E-state index in [4.69, 9.17) is 0 Å². The van der Waals surface area contributed by atoms with E-state index in [1.165, 1.54) is 0 Å². The zero-order valence-corrected chi connectivity index (χ0v) is 16.0. The van der Waals surface area contributed by atoms with Crippen LogP contribution in [-0.2, 0) is 11.7 Å². The van der Waals surface area contributed by atoms with Crippen LogP contribution in [0.2, 0.25) is 0 Å². The third kappa shape index (κ3) is 3.82. The molecule has 150 valence electrons. The fraction of sp³-hybridized carbons (Fsp3) is 0.471. The molecule has 0 radical (unpaired) electrons. The largest absolute Gasteiger partial charge is 0.421 e. The number of nitrogens with zero attached hydrogens (tertiary/aromatic N) is 6. The molecule has 3 heterocycles. The van der Waals surface area contributed by atoms with Crippen LogP contribution in [-0.4, -0.2) is 38.2 Å².